The number of fused-ring (bicyclic) bond motifs is 1. The molecule has 0 saturated heterocycles. The van der Waals surface area contributed by atoms with Gasteiger partial charge in [0.25, 0.3) is 0 Å². The van der Waals surface area contributed by atoms with Crippen LogP contribution in [0.2, 0.25) is 0 Å². The summed E-state index contributed by atoms with van der Waals surface area (Å²) >= 11 is 0. The van der Waals surface area contributed by atoms with Crippen LogP contribution >= 0.6 is 0 Å². The van der Waals surface area contributed by atoms with Crippen LogP contribution in [-0.4, -0.2) is 0 Å². The summed E-state index contributed by atoms with van der Waals surface area (Å²) in [6, 6.07) is 8.55. The molecule has 1 aromatic carbocycles. The molecular weight excluding hydrogens is 160 g/mol. The van der Waals surface area contributed by atoms with Gasteiger partial charge >= 0.3 is 0 Å². The van der Waals surface area contributed by atoms with Crippen molar-refractivity contribution in [2.45, 2.75) is 26.7 Å². The minimum atomic E-state index is 0.968. The summed E-state index contributed by atoms with van der Waals surface area (Å²) < 4.78 is 5.66. The molecule has 0 unspecified atom stereocenters. The summed E-state index contributed by atoms with van der Waals surface area (Å²) in [7, 11) is 0. The van der Waals surface area contributed by atoms with Crippen LogP contribution < -0.4 is 0 Å². The Morgan fingerprint density at radius 2 is 1.92 bits per heavy atom. The lowest BCUT2D eigenvalue weighted by Gasteiger charge is -1.93. The van der Waals surface area contributed by atoms with E-state index in [1.54, 1.807) is 0 Å². The maximum atomic E-state index is 5.66. The second kappa shape index (κ2) is 3.25. The van der Waals surface area contributed by atoms with Gasteiger partial charge in [-0.1, -0.05) is 26.0 Å². The number of aryl methyl sites for hydroxylation is 2. The van der Waals surface area contributed by atoms with Crippen LogP contribution in [0.1, 0.15) is 25.2 Å². The lowest BCUT2D eigenvalue weighted by Crippen LogP contribution is -1.76. The molecule has 0 radical (unpaired) electrons. The number of hydrogen-bond donors (Lipinski definition) is 0. The van der Waals surface area contributed by atoms with E-state index in [0.717, 1.165) is 24.2 Å². The smallest absolute Gasteiger partial charge is 0.134 e. The lowest BCUT2D eigenvalue weighted by atomic mass is 10.1. The number of benzene rings is 1. The van der Waals surface area contributed by atoms with Crippen LogP contribution in [0.15, 0.2) is 28.7 Å². The number of hydrogen-bond acceptors (Lipinski definition) is 1. The molecule has 0 bridgehead atoms. The van der Waals surface area contributed by atoms with Crippen molar-refractivity contribution in [1.82, 2.24) is 0 Å². The molecular formula is C12H14O. The molecule has 1 heterocycles. The first-order valence-corrected chi connectivity index (χ1v) is 4.84. The maximum Gasteiger partial charge on any atom is 0.134 e. The Hall–Kier alpha value is -1.24. The van der Waals surface area contributed by atoms with Gasteiger partial charge in [0.15, 0.2) is 0 Å². The van der Waals surface area contributed by atoms with Crippen molar-refractivity contribution in [3.8, 4) is 0 Å². The number of rotatable bonds is 2. The van der Waals surface area contributed by atoms with Crippen LogP contribution in [0, 0.1) is 0 Å². The second-order valence-electron chi connectivity index (χ2n) is 3.29. The molecule has 0 N–H and O–H groups in total. The predicted molar refractivity (Wildman–Crippen MR) is 55.0 cm³/mol. The molecule has 68 valence electrons. The van der Waals surface area contributed by atoms with Crippen molar-refractivity contribution in [2.75, 3.05) is 0 Å². The van der Waals surface area contributed by atoms with E-state index in [0.29, 0.717) is 0 Å². The molecule has 2 rings (SSSR count). The van der Waals surface area contributed by atoms with E-state index in [1.165, 1.54) is 10.9 Å². The molecule has 0 aliphatic heterocycles. The quantitative estimate of drug-likeness (QED) is 0.678. The predicted octanol–water partition coefficient (Wildman–Crippen LogP) is 3.56. The highest BCUT2D eigenvalue weighted by atomic mass is 16.3. The normalized spacial score (nSPS) is 10.9. The maximum absolute atomic E-state index is 5.66. The molecule has 0 atom stereocenters. The van der Waals surface area contributed by atoms with E-state index in [1.807, 2.05) is 0 Å². The van der Waals surface area contributed by atoms with Gasteiger partial charge in [-0.05, 0) is 24.1 Å². The fraction of sp³-hybridized carbons (Fsp3) is 0.333. The summed E-state index contributed by atoms with van der Waals surface area (Å²) in [6.07, 6.45) is 2.04. The largest absolute Gasteiger partial charge is 0.461 e. The summed E-state index contributed by atoms with van der Waals surface area (Å²) in [5, 5.41) is 1.22. The van der Waals surface area contributed by atoms with Gasteiger partial charge in [0, 0.05) is 11.8 Å². The first kappa shape index (κ1) is 8.36. The van der Waals surface area contributed by atoms with Crippen molar-refractivity contribution in [1.29, 1.82) is 0 Å². The van der Waals surface area contributed by atoms with Crippen molar-refractivity contribution >= 4 is 11.0 Å². The van der Waals surface area contributed by atoms with Gasteiger partial charge in [-0.15, -0.1) is 0 Å². The Bertz CT molecular complexity index is 410. The molecule has 13 heavy (non-hydrogen) atoms. The van der Waals surface area contributed by atoms with Crippen LogP contribution in [0.25, 0.3) is 11.0 Å². The molecule has 1 nitrogen and oxygen atoms in total. The van der Waals surface area contributed by atoms with E-state index < -0.39 is 0 Å². The highest BCUT2D eigenvalue weighted by molar-refractivity contribution is 5.78. The lowest BCUT2D eigenvalue weighted by molar-refractivity contribution is 0.557. The van der Waals surface area contributed by atoms with Gasteiger partial charge in [-0.2, -0.15) is 0 Å². The Balaban J connectivity index is 2.57. The Labute approximate surface area is 78.4 Å². The second-order valence-corrected chi connectivity index (χ2v) is 3.29. The van der Waals surface area contributed by atoms with Gasteiger partial charge in [0.1, 0.15) is 11.3 Å². The van der Waals surface area contributed by atoms with Crippen LogP contribution in [0.4, 0.5) is 0 Å². The molecule has 1 heteroatoms. The monoisotopic (exact) mass is 174 g/mol. The Morgan fingerprint density at radius 1 is 1.08 bits per heavy atom. The molecule has 0 amide bonds. The van der Waals surface area contributed by atoms with Gasteiger partial charge in [-0.3, -0.25) is 0 Å². The third kappa shape index (κ3) is 1.46. The van der Waals surface area contributed by atoms with Gasteiger partial charge in [0.2, 0.25) is 0 Å². The molecule has 0 aliphatic rings. The zero-order valence-electron chi connectivity index (χ0n) is 8.13. The van der Waals surface area contributed by atoms with E-state index in [9.17, 15) is 0 Å². The minimum absolute atomic E-state index is 0.968. The zero-order chi connectivity index (χ0) is 9.26. The average Bonchev–Trinajstić information content (AvgIpc) is 2.58. The topological polar surface area (TPSA) is 13.1 Å². The van der Waals surface area contributed by atoms with Crippen molar-refractivity contribution in [2.24, 2.45) is 0 Å². The van der Waals surface area contributed by atoms with Gasteiger partial charge in [-0.25, -0.2) is 0 Å². The van der Waals surface area contributed by atoms with E-state index >= 15 is 0 Å². The molecule has 1 aromatic heterocycles. The summed E-state index contributed by atoms with van der Waals surface area (Å²) in [5.74, 6) is 1.07. The standard InChI is InChI=1S/C12H14O/c1-3-9-5-6-10-8-11(4-2)13-12(10)7-9/h5-8H,3-4H2,1-2H3. The van der Waals surface area contributed by atoms with Crippen molar-refractivity contribution < 1.29 is 4.42 Å². The van der Waals surface area contributed by atoms with E-state index in [4.69, 9.17) is 4.42 Å². The van der Waals surface area contributed by atoms with Crippen LogP contribution in [0.5, 0.6) is 0 Å². The highest BCUT2D eigenvalue weighted by Gasteiger charge is 2.01. The molecule has 0 aliphatic carbocycles. The SMILES string of the molecule is CCc1ccc2cc(CC)oc2c1. The van der Waals surface area contributed by atoms with Crippen LogP contribution in [0.3, 0.4) is 0 Å². The Kier molecular flexibility index (Phi) is 2.09. The molecule has 0 fully saturated rings. The van der Waals surface area contributed by atoms with Crippen LogP contribution in [-0.2, 0) is 12.8 Å². The molecule has 2 aromatic rings. The Morgan fingerprint density at radius 3 is 2.62 bits per heavy atom. The van der Waals surface area contributed by atoms with E-state index in [2.05, 4.69) is 38.1 Å². The zero-order valence-corrected chi connectivity index (χ0v) is 8.13. The summed E-state index contributed by atoms with van der Waals surface area (Å²) in [5.41, 5.74) is 2.36. The molecule has 0 spiro atoms. The fourth-order valence-corrected chi connectivity index (χ4v) is 1.52. The van der Waals surface area contributed by atoms with Crippen molar-refractivity contribution in [3.63, 3.8) is 0 Å². The van der Waals surface area contributed by atoms with Gasteiger partial charge < -0.3 is 4.42 Å². The molecule has 0 saturated carbocycles. The van der Waals surface area contributed by atoms with E-state index in [-0.39, 0.29) is 0 Å². The minimum Gasteiger partial charge on any atom is -0.461 e. The van der Waals surface area contributed by atoms with Crippen molar-refractivity contribution in [3.05, 3.63) is 35.6 Å². The highest BCUT2D eigenvalue weighted by Crippen LogP contribution is 2.21. The third-order valence-corrected chi connectivity index (χ3v) is 2.39. The third-order valence-electron chi connectivity index (χ3n) is 2.39. The summed E-state index contributed by atoms with van der Waals surface area (Å²) in [4.78, 5) is 0. The number of furan rings is 1. The first-order chi connectivity index (χ1) is 6.33. The first-order valence-electron chi connectivity index (χ1n) is 4.84. The summed E-state index contributed by atoms with van der Waals surface area (Å²) in [6.45, 7) is 4.27. The fourth-order valence-electron chi connectivity index (χ4n) is 1.52. The average molecular weight is 174 g/mol. The van der Waals surface area contributed by atoms with Gasteiger partial charge in [0.05, 0.1) is 0 Å².